The van der Waals surface area contributed by atoms with Gasteiger partial charge in [0.25, 0.3) is 0 Å². The fourth-order valence-electron chi connectivity index (χ4n) is 3.14. The molecule has 1 rings (SSSR count). The van der Waals surface area contributed by atoms with Crippen LogP contribution in [0.4, 0.5) is 13.2 Å². The van der Waals surface area contributed by atoms with Crippen LogP contribution in [0.15, 0.2) is 0 Å². The van der Waals surface area contributed by atoms with Crippen molar-refractivity contribution in [1.29, 1.82) is 0 Å². The summed E-state index contributed by atoms with van der Waals surface area (Å²) in [5.41, 5.74) is 6.15. The molecule has 0 aromatic rings. The third-order valence-corrected chi connectivity index (χ3v) is 4.30. The van der Waals surface area contributed by atoms with E-state index in [4.69, 9.17) is 5.73 Å². The Morgan fingerprint density at radius 3 is 2.17 bits per heavy atom. The van der Waals surface area contributed by atoms with Gasteiger partial charge in [-0.05, 0) is 43.9 Å². The van der Waals surface area contributed by atoms with Gasteiger partial charge in [-0.1, -0.05) is 26.7 Å². The minimum Gasteiger partial charge on any atom is -0.327 e. The van der Waals surface area contributed by atoms with E-state index in [-0.39, 0.29) is 18.9 Å². The molecule has 0 radical (unpaired) electrons. The quantitative estimate of drug-likeness (QED) is 0.777. The van der Waals surface area contributed by atoms with Crippen LogP contribution in [-0.4, -0.2) is 12.2 Å². The molecular weight excluding hydrogens is 239 g/mol. The summed E-state index contributed by atoms with van der Waals surface area (Å²) in [5, 5.41) is 0. The van der Waals surface area contributed by atoms with E-state index in [0.29, 0.717) is 24.7 Å². The van der Waals surface area contributed by atoms with Crippen molar-refractivity contribution in [2.75, 3.05) is 0 Å². The van der Waals surface area contributed by atoms with E-state index >= 15 is 0 Å². The fourth-order valence-corrected chi connectivity index (χ4v) is 3.14. The van der Waals surface area contributed by atoms with Crippen LogP contribution in [0.25, 0.3) is 0 Å². The first-order chi connectivity index (χ1) is 8.34. The second-order valence-electron chi connectivity index (χ2n) is 5.95. The zero-order valence-corrected chi connectivity index (χ0v) is 11.5. The summed E-state index contributed by atoms with van der Waals surface area (Å²) in [7, 11) is 0. The van der Waals surface area contributed by atoms with Crippen LogP contribution in [-0.2, 0) is 0 Å². The van der Waals surface area contributed by atoms with Crippen LogP contribution in [0, 0.1) is 17.8 Å². The van der Waals surface area contributed by atoms with Crippen LogP contribution >= 0.6 is 0 Å². The molecule has 0 heterocycles. The predicted octanol–water partition coefficient (Wildman–Crippen LogP) is 4.51. The molecule has 1 aliphatic rings. The molecule has 0 aliphatic heterocycles. The molecule has 4 heteroatoms. The van der Waals surface area contributed by atoms with E-state index < -0.39 is 12.1 Å². The molecule has 2 atom stereocenters. The SMILES string of the molecule is CCCC(C)CC(N)C1CCC(C(F)(F)F)CC1. The summed E-state index contributed by atoms with van der Waals surface area (Å²) in [6.07, 6.45) is 1.07. The third-order valence-electron chi connectivity index (χ3n) is 4.30. The summed E-state index contributed by atoms with van der Waals surface area (Å²) >= 11 is 0. The Morgan fingerprint density at radius 2 is 1.72 bits per heavy atom. The minimum atomic E-state index is -4.01. The summed E-state index contributed by atoms with van der Waals surface area (Å²) in [4.78, 5) is 0. The van der Waals surface area contributed by atoms with Crippen molar-refractivity contribution < 1.29 is 13.2 Å². The van der Waals surface area contributed by atoms with Gasteiger partial charge in [0.05, 0.1) is 5.92 Å². The molecule has 1 saturated carbocycles. The average molecular weight is 265 g/mol. The minimum absolute atomic E-state index is 0.0840. The molecule has 1 fully saturated rings. The fraction of sp³-hybridized carbons (Fsp3) is 1.00. The maximum atomic E-state index is 12.5. The third kappa shape index (κ3) is 4.79. The molecular formula is C14H26F3N. The topological polar surface area (TPSA) is 26.0 Å². The van der Waals surface area contributed by atoms with Gasteiger partial charge in [0, 0.05) is 6.04 Å². The second kappa shape index (κ2) is 6.78. The predicted molar refractivity (Wildman–Crippen MR) is 68.2 cm³/mol. The van der Waals surface area contributed by atoms with E-state index in [1.165, 1.54) is 0 Å². The second-order valence-corrected chi connectivity index (χ2v) is 5.95. The van der Waals surface area contributed by atoms with E-state index in [1.54, 1.807) is 0 Å². The van der Waals surface area contributed by atoms with Gasteiger partial charge >= 0.3 is 6.18 Å². The maximum absolute atomic E-state index is 12.5. The highest BCUT2D eigenvalue weighted by Gasteiger charge is 2.42. The van der Waals surface area contributed by atoms with Gasteiger partial charge < -0.3 is 5.73 Å². The molecule has 1 nitrogen and oxygen atoms in total. The molecule has 2 N–H and O–H groups in total. The number of rotatable bonds is 5. The molecule has 0 aromatic heterocycles. The normalized spacial score (nSPS) is 29.0. The highest BCUT2D eigenvalue weighted by molar-refractivity contribution is 4.83. The van der Waals surface area contributed by atoms with Crippen LogP contribution in [0.5, 0.6) is 0 Å². The van der Waals surface area contributed by atoms with Gasteiger partial charge in [0.2, 0.25) is 0 Å². The van der Waals surface area contributed by atoms with Crippen molar-refractivity contribution in [3.05, 3.63) is 0 Å². The number of halogens is 3. The van der Waals surface area contributed by atoms with Gasteiger partial charge in [-0.2, -0.15) is 13.2 Å². The van der Waals surface area contributed by atoms with Crippen molar-refractivity contribution in [1.82, 2.24) is 0 Å². The highest BCUT2D eigenvalue weighted by Crippen LogP contribution is 2.40. The Bertz CT molecular complexity index is 232. The van der Waals surface area contributed by atoms with E-state index in [2.05, 4.69) is 13.8 Å². The molecule has 0 bridgehead atoms. The van der Waals surface area contributed by atoms with E-state index in [0.717, 1.165) is 19.3 Å². The number of alkyl halides is 3. The van der Waals surface area contributed by atoms with Crippen molar-refractivity contribution in [3.63, 3.8) is 0 Å². The first-order valence-corrected chi connectivity index (χ1v) is 7.16. The molecule has 1 aliphatic carbocycles. The molecule has 0 aromatic carbocycles. The van der Waals surface area contributed by atoms with Gasteiger partial charge in [-0.15, -0.1) is 0 Å². The highest BCUT2D eigenvalue weighted by atomic mass is 19.4. The maximum Gasteiger partial charge on any atom is 0.391 e. The summed E-state index contributed by atoms with van der Waals surface area (Å²) < 4.78 is 37.6. The van der Waals surface area contributed by atoms with Crippen LogP contribution < -0.4 is 5.73 Å². The Labute approximate surface area is 108 Å². The first kappa shape index (κ1) is 15.8. The molecule has 0 saturated heterocycles. The van der Waals surface area contributed by atoms with Crippen molar-refractivity contribution >= 4 is 0 Å². The summed E-state index contributed by atoms with van der Waals surface area (Å²) in [6.45, 7) is 4.33. The number of hydrogen-bond acceptors (Lipinski definition) is 1. The molecule has 0 spiro atoms. The number of hydrogen-bond donors (Lipinski definition) is 1. The number of nitrogens with two attached hydrogens (primary N) is 1. The Balaban J connectivity index is 2.34. The molecule has 0 amide bonds. The standard InChI is InChI=1S/C14H26F3N/c1-3-4-10(2)9-13(18)11-5-7-12(8-6-11)14(15,16)17/h10-13H,3-9,18H2,1-2H3. The molecule has 108 valence electrons. The van der Waals surface area contributed by atoms with Crippen molar-refractivity contribution in [2.24, 2.45) is 23.5 Å². The lowest BCUT2D eigenvalue weighted by Crippen LogP contribution is -2.37. The lowest BCUT2D eigenvalue weighted by Gasteiger charge is -2.34. The monoisotopic (exact) mass is 265 g/mol. The van der Waals surface area contributed by atoms with E-state index in [1.807, 2.05) is 0 Å². The Morgan fingerprint density at radius 1 is 1.17 bits per heavy atom. The van der Waals surface area contributed by atoms with Gasteiger partial charge in [0.15, 0.2) is 0 Å². The van der Waals surface area contributed by atoms with Crippen LogP contribution in [0.1, 0.15) is 58.8 Å². The zero-order valence-electron chi connectivity index (χ0n) is 11.5. The summed E-state index contributed by atoms with van der Waals surface area (Å²) in [5.74, 6) is -0.206. The van der Waals surface area contributed by atoms with Gasteiger partial charge in [0.1, 0.15) is 0 Å². The van der Waals surface area contributed by atoms with E-state index in [9.17, 15) is 13.2 Å². The van der Waals surface area contributed by atoms with Gasteiger partial charge in [-0.3, -0.25) is 0 Å². The average Bonchev–Trinajstić information content (AvgIpc) is 2.28. The molecule has 18 heavy (non-hydrogen) atoms. The van der Waals surface area contributed by atoms with Gasteiger partial charge in [-0.25, -0.2) is 0 Å². The lowest BCUT2D eigenvalue weighted by atomic mass is 9.76. The lowest BCUT2D eigenvalue weighted by molar-refractivity contribution is -0.184. The zero-order chi connectivity index (χ0) is 13.8. The Hall–Kier alpha value is -0.250. The smallest absolute Gasteiger partial charge is 0.327 e. The van der Waals surface area contributed by atoms with Crippen molar-refractivity contribution in [3.8, 4) is 0 Å². The molecule has 2 unspecified atom stereocenters. The van der Waals surface area contributed by atoms with Crippen LogP contribution in [0.3, 0.4) is 0 Å². The van der Waals surface area contributed by atoms with Crippen molar-refractivity contribution in [2.45, 2.75) is 71.0 Å². The van der Waals surface area contributed by atoms with Crippen LogP contribution in [0.2, 0.25) is 0 Å². The largest absolute Gasteiger partial charge is 0.391 e. The Kier molecular flexibility index (Phi) is 5.96. The first-order valence-electron chi connectivity index (χ1n) is 7.16. The summed E-state index contributed by atoms with van der Waals surface area (Å²) in [6, 6.07) is 0.0840.